The van der Waals surface area contributed by atoms with Gasteiger partial charge in [0.05, 0.1) is 18.1 Å². The van der Waals surface area contributed by atoms with Crippen molar-refractivity contribution in [1.29, 1.82) is 0 Å². The Hall–Kier alpha value is -3.59. The van der Waals surface area contributed by atoms with E-state index in [1.54, 1.807) is 24.3 Å². The predicted octanol–water partition coefficient (Wildman–Crippen LogP) is 2.07. The summed E-state index contributed by atoms with van der Waals surface area (Å²) in [5.74, 6) is -4.84. The standard InChI is InChI=1S/C22H18O8S/c1-3-29-21(25)16-12-17(23)18(22(26)30-4-2)20(19(16)24)31(27,28)15-10-9-13-7-5-6-8-14(13)11-15/h5-12H,3-4H2,1-2H3. The maximum absolute atomic E-state index is 13.4. The molecule has 160 valence electrons. The molecule has 2 aromatic rings. The Morgan fingerprint density at radius 3 is 2.13 bits per heavy atom. The molecule has 31 heavy (non-hydrogen) atoms. The molecule has 0 unspecified atom stereocenters. The summed E-state index contributed by atoms with van der Waals surface area (Å²) in [4.78, 5) is 48.8. The molecule has 0 aliphatic heterocycles. The fourth-order valence-electron chi connectivity index (χ4n) is 3.08. The summed E-state index contributed by atoms with van der Waals surface area (Å²) in [6.07, 6.45) is 0.603. The molecule has 0 N–H and O–H groups in total. The highest BCUT2D eigenvalue weighted by atomic mass is 32.2. The fraction of sp³-hybridized carbons (Fsp3) is 0.182. The highest BCUT2D eigenvalue weighted by molar-refractivity contribution is 7.96. The molecular formula is C22H18O8S. The number of ketones is 2. The van der Waals surface area contributed by atoms with E-state index in [1.165, 1.54) is 32.0 Å². The van der Waals surface area contributed by atoms with Crippen LogP contribution >= 0.6 is 0 Å². The molecule has 1 aliphatic rings. The van der Waals surface area contributed by atoms with E-state index < -0.39 is 49.4 Å². The van der Waals surface area contributed by atoms with E-state index in [4.69, 9.17) is 9.47 Å². The summed E-state index contributed by atoms with van der Waals surface area (Å²) < 4.78 is 36.4. The van der Waals surface area contributed by atoms with Crippen LogP contribution in [0.3, 0.4) is 0 Å². The van der Waals surface area contributed by atoms with Crippen LogP contribution in [-0.4, -0.2) is 45.1 Å². The van der Waals surface area contributed by atoms with Crippen LogP contribution in [0.4, 0.5) is 0 Å². The van der Waals surface area contributed by atoms with Gasteiger partial charge in [-0.2, -0.15) is 0 Å². The lowest BCUT2D eigenvalue weighted by molar-refractivity contribution is -0.142. The first-order valence-electron chi connectivity index (χ1n) is 9.35. The summed E-state index contributed by atoms with van der Waals surface area (Å²) in [6.45, 7) is 2.70. The average molecular weight is 442 g/mol. The van der Waals surface area contributed by atoms with Crippen LogP contribution in [0.15, 0.2) is 69.5 Å². The molecule has 0 bridgehead atoms. The highest BCUT2D eigenvalue weighted by Crippen LogP contribution is 2.31. The molecule has 0 saturated carbocycles. The lowest BCUT2D eigenvalue weighted by Crippen LogP contribution is -2.32. The SMILES string of the molecule is CCOC(=O)C1=CC(=O)C(C(=O)OCC)=C(S(=O)(=O)c2ccc3ccccc3c2)C1=O. The van der Waals surface area contributed by atoms with Crippen molar-refractivity contribution in [2.24, 2.45) is 0 Å². The van der Waals surface area contributed by atoms with Gasteiger partial charge >= 0.3 is 11.9 Å². The Morgan fingerprint density at radius 1 is 0.871 bits per heavy atom. The number of Topliss-reactive ketones (excluding diaryl/α,β-unsaturated/α-hetero) is 1. The molecule has 0 saturated heterocycles. The van der Waals surface area contributed by atoms with Crippen molar-refractivity contribution in [1.82, 2.24) is 0 Å². The fourth-order valence-corrected chi connectivity index (χ4v) is 4.65. The number of ether oxygens (including phenoxy) is 2. The first-order valence-corrected chi connectivity index (χ1v) is 10.8. The van der Waals surface area contributed by atoms with Gasteiger partial charge in [-0.1, -0.05) is 30.3 Å². The van der Waals surface area contributed by atoms with Gasteiger partial charge in [0.25, 0.3) is 0 Å². The normalized spacial score (nSPS) is 14.5. The van der Waals surface area contributed by atoms with Gasteiger partial charge in [-0.3, -0.25) is 9.59 Å². The Labute approximate surface area is 178 Å². The van der Waals surface area contributed by atoms with Gasteiger partial charge in [-0.05, 0) is 36.8 Å². The van der Waals surface area contributed by atoms with Crippen LogP contribution < -0.4 is 0 Å². The Kier molecular flexibility index (Phi) is 6.16. The van der Waals surface area contributed by atoms with E-state index in [0.29, 0.717) is 11.5 Å². The zero-order valence-corrected chi connectivity index (χ0v) is 17.5. The van der Waals surface area contributed by atoms with Crippen molar-refractivity contribution in [3.63, 3.8) is 0 Å². The van der Waals surface area contributed by atoms with Gasteiger partial charge in [-0.25, -0.2) is 18.0 Å². The van der Waals surface area contributed by atoms with Crippen LogP contribution in [0.1, 0.15) is 13.8 Å². The van der Waals surface area contributed by atoms with Crippen molar-refractivity contribution in [3.8, 4) is 0 Å². The van der Waals surface area contributed by atoms with Gasteiger partial charge in [0.2, 0.25) is 15.6 Å². The summed E-state index contributed by atoms with van der Waals surface area (Å²) in [5.41, 5.74) is -1.70. The molecule has 1 aliphatic carbocycles. The molecule has 0 amide bonds. The molecule has 8 nitrogen and oxygen atoms in total. The monoisotopic (exact) mass is 442 g/mol. The van der Waals surface area contributed by atoms with Crippen LogP contribution in [0, 0.1) is 0 Å². The molecule has 0 heterocycles. The molecule has 3 rings (SSSR count). The number of hydrogen-bond acceptors (Lipinski definition) is 8. The number of carbonyl (C=O) groups excluding carboxylic acids is 4. The minimum absolute atomic E-state index is 0.0984. The van der Waals surface area contributed by atoms with Gasteiger partial charge in [0.1, 0.15) is 16.1 Å². The number of benzene rings is 2. The zero-order chi connectivity index (χ0) is 22.8. The summed E-state index contributed by atoms with van der Waals surface area (Å²) in [7, 11) is -4.67. The number of fused-ring (bicyclic) bond motifs is 1. The highest BCUT2D eigenvalue weighted by Gasteiger charge is 2.43. The number of allylic oxidation sites excluding steroid dienone is 2. The molecule has 2 aromatic carbocycles. The summed E-state index contributed by atoms with van der Waals surface area (Å²) in [5, 5.41) is 1.32. The van der Waals surface area contributed by atoms with Gasteiger partial charge in [0, 0.05) is 6.08 Å². The second kappa shape index (κ2) is 8.65. The number of carbonyl (C=O) groups is 4. The van der Waals surface area contributed by atoms with Crippen molar-refractivity contribution in [2.45, 2.75) is 18.7 Å². The van der Waals surface area contributed by atoms with Crippen LogP contribution in [0.25, 0.3) is 10.8 Å². The number of sulfone groups is 1. The Morgan fingerprint density at radius 2 is 1.48 bits per heavy atom. The number of hydrogen-bond donors (Lipinski definition) is 0. The third-order valence-corrected chi connectivity index (χ3v) is 6.28. The second-order valence-electron chi connectivity index (χ2n) is 6.41. The van der Waals surface area contributed by atoms with E-state index in [2.05, 4.69) is 0 Å². The van der Waals surface area contributed by atoms with Crippen molar-refractivity contribution < 1.29 is 37.1 Å². The van der Waals surface area contributed by atoms with E-state index in [0.717, 1.165) is 5.39 Å². The van der Waals surface area contributed by atoms with E-state index in [1.807, 2.05) is 0 Å². The molecule has 0 fully saturated rings. The largest absolute Gasteiger partial charge is 0.462 e. The van der Waals surface area contributed by atoms with Gasteiger partial charge in [-0.15, -0.1) is 0 Å². The molecule has 0 spiro atoms. The van der Waals surface area contributed by atoms with E-state index in [-0.39, 0.29) is 18.1 Å². The number of esters is 2. The van der Waals surface area contributed by atoms with Gasteiger partial charge in [0.15, 0.2) is 5.78 Å². The summed E-state index contributed by atoms with van der Waals surface area (Å²) >= 11 is 0. The first-order chi connectivity index (χ1) is 14.7. The molecule has 9 heteroatoms. The maximum atomic E-state index is 13.4. The lowest BCUT2D eigenvalue weighted by Gasteiger charge is -2.18. The quantitative estimate of drug-likeness (QED) is 0.379. The van der Waals surface area contributed by atoms with Crippen LogP contribution in [-0.2, 0) is 38.5 Å². The van der Waals surface area contributed by atoms with Crippen molar-refractivity contribution in [2.75, 3.05) is 13.2 Å². The van der Waals surface area contributed by atoms with Crippen LogP contribution in [0.5, 0.6) is 0 Å². The summed E-state index contributed by atoms with van der Waals surface area (Å²) in [6, 6.07) is 11.0. The van der Waals surface area contributed by atoms with Crippen molar-refractivity contribution >= 4 is 44.1 Å². The lowest BCUT2D eigenvalue weighted by atomic mass is 9.96. The molecular weight excluding hydrogens is 424 g/mol. The topological polar surface area (TPSA) is 121 Å². The predicted molar refractivity (Wildman–Crippen MR) is 110 cm³/mol. The van der Waals surface area contributed by atoms with E-state index in [9.17, 15) is 27.6 Å². The molecule has 0 aromatic heterocycles. The third kappa shape index (κ3) is 4.04. The van der Waals surface area contributed by atoms with E-state index >= 15 is 0 Å². The number of rotatable bonds is 6. The first kappa shape index (κ1) is 22.1. The smallest absolute Gasteiger partial charge is 0.343 e. The van der Waals surface area contributed by atoms with Crippen LogP contribution in [0.2, 0.25) is 0 Å². The minimum Gasteiger partial charge on any atom is -0.462 e. The van der Waals surface area contributed by atoms with Crippen molar-refractivity contribution in [3.05, 3.63) is 64.6 Å². The Balaban J connectivity index is 2.24. The zero-order valence-electron chi connectivity index (χ0n) is 16.7. The third-order valence-electron chi connectivity index (χ3n) is 4.47. The van der Waals surface area contributed by atoms with Gasteiger partial charge < -0.3 is 9.47 Å². The average Bonchev–Trinajstić information content (AvgIpc) is 2.74. The molecule has 0 radical (unpaired) electrons. The second-order valence-corrected chi connectivity index (χ2v) is 8.30. The minimum atomic E-state index is -4.67. The Bertz CT molecular complexity index is 1280. The maximum Gasteiger partial charge on any atom is 0.343 e. The molecule has 0 atom stereocenters.